The summed E-state index contributed by atoms with van der Waals surface area (Å²) >= 11 is 1.75. The molecule has 0 saturated carbocycles. The summed E-state index contributed by atoms with van der Waals surface area (Å²) in [7, 11) is 0. The maximum atomic E-state index is 12.8. The Bertz CT molecular complexity index is 1060. The van der Waals surface area contributed by atoms with Gasteiger partial charge >= 0.3 is 0 Å². The lowest BCUT2D eigenvalue weighted by molar-refractivity contribution is -0.127. The lowest BCUT2D eigenvalue weighted by atomic mass is 9.98. The van der Waals surface area contributed by atoms with Crippen molar-refractivity contribution in [2.75, 3.05) is 26.3 Å². The summed E-state index contributed by atoms with van der Waals surface area (Å²) < 4.78 is 12.6. The summed E-state index contributed by atoms with van der Waals surface area (Å²) in [6.45, 7) is 2.85. The highest BCUT2D eigenvalue weighted by Gasteiger charge is 2.26. The number of thiazole rings is 1. The van der Waals surface area contributed by atoms with Gasteiger partial charge in [-0.2, -0.15) is 0 Å². The lowest BCUT2D eigenvalue weighted by Crippen LogP contribution is -2.38. The first-order chi connectivity index (χ1) is 14.8. The minimum atomic E-state index is 0.0490. The summed E-state index contributed by atoms with van der Waals surface area (Å²) in [5.41, 5.74) is 1.99. The number of fused-ring (bicyclic) bond motifs is 2. The quantitative estimate of drug-likeness (QED) is 0.567. The number of likely N-dealkylation sites (tertiary alicyclic amines) is 1. The monoisotopic (exact) mass is 420 g/mol. The van der Waals surface area contributed by atoms with Gasteiger partial charge in [0.25, 0.3) is 0 Å². The number of rotatable bonds is 3. The van der Waals surface area contributed by atoms with E-state index in [4.69, 9.17) is 14.5 Å². The van der Waals surface area contributed by atoms with Crippen molar-refractivity contribution in [1.82, 2.24) is 9.88 Å². The van der Waals surface area contributed by atoms with E-state index in [-0.39, 0.29) is 5.91 Å². The van der Waals surface area contributed by atoms with Gasteiger partial charge in [-0.3, -0.25) is 4.79 Å². The van der Waals surface area contributed by atoms with Crippen LogP contribution in [0.3, 0.4) is 0 Å². The van der Waals surface area contributed by atoms with E-state index >= 15 is 0 Å². The van der Waals surface area contributed by atoms with Gasteiger partial charge in [-0.25, -0.2) is 4.98 Å². The molecule has 1 amide bonds. The van der Waals surface area contributed by atoms with Gasteiger partial charge in [-0.15, -0.1) is 11.3 Å². The van der Waals surface area contributed by atoms with Crippen molar-refractivity contribution in [3.63, 3.8) is 0 Å². The topological polar surface area (TPSA) is 51.7 Å². The molecule has 3 aromatic rings. The zero-order valence-corrected chi connectivity index (χ0v) is 17.6. The van der Waals surface area contributed by atoms with Crippen LogP contribution in [-0.4, -0.2) is 42.1 Å². The fraction of sp³-hybridized carbons (Fsp3) is 0.333. The molecule has 0 spiro atoms. The number of carbonyl (C=O) groups is 1. The number of hydrogen-bond donors (Lipinski definition) is 0. The number of para-hydroxylation sites is 1. The van der Waals surface area contributed by atoms with Crippen molar-refractivity contribution < 1.29 is 14.3 Å². The summed E-state index contributed by atoms with van der Waals surface area (Å²) in [6, 6.07) is 14.0. The van der Waals surface area contributed by atoms with Gasteiger partial charge in [0.2, 0.25) is 5.91 Å². The molecule has 154 valence electrons. The summed E-state index contributed by atoms with van der Waals surface area (Å²) in [6.07, 6.45) is 6.49. The lowest BCUT2D eigenvalue weighted by Gasteiger charge is -2.31. The van der Waals surface area contributed by atoms with E-state index in [0.29, 0.717) is 19.1 Å². The molecule has 1 unspecified atom stereocenters. The van der Waals surface area contributed by atoms with E-state index in [0.717, 1.165) is 59.9 Å². The molecular weight excluding hydrogens is 396 g/mol. The predicted molar refractivity (Wildman–Crippen MR) is 119 cm³/mol. The van der Waals surface area contributed by atoms with Crippen LogP contribution >= 0.6 is 11.3 Å². The number of piperidine rings is 1. The Kier molecular flexibility index (Phi) is 5.41. The summed E-state index contributed by atoms with van der Waals surface area (Å²) in [5.74, 6) is 1.88. The van der Waals surface area contributed by atoms with Gasteiger partial charge in [0.15, 0.2) is 11.5 Å². The molecular formula is C24H24N2O3S. The van der Waals surface area contributed by atoms with Gasteiger partial charge < -0.3 is 14.4 Å². The first-order valence-corrected chi connectivity index (χ1v) is 11.3. The smallest absolute Gasteiger partial charge is 0.246 e. The highest BCUT2D eigenvalue weighted by Crippen LogP contribution is 2.33. The number of benzene rings is 2. The van der Waals surface area contributed by atoms with Gasteiger partial charge in [-0.05, 0) is 48.7 Å². The number of nitrogens with zero attached hydrogens (tertiary/aromatic N) is 2. The highest BCUT2D eigenvalue weighted by molar-refractivity contribution is 7.18. The van der Waals surface area contributed by atoms with E-state index in [1.807, 2.05) is 41.3 Å². The van der Waals surface area contributed by atoms with Gasteiger partial charge in [-0.1, -0.05) is 18.2 Å². The van der Waals surface area contributed by atoms with Crippen LogP contribution < -0.4 is 9.47 Å². The Morgan fingerprint density at radius 1 is 1.10 bits per heavy atom. The van der Waals surface area contributed by atoms with Crippen LogP contribution in [0.25, 0.3) is 16.3 Å². The van der Waals surface area contributed by atoms with E-state index in [1.165, 1.54) is 4.70 Å². The van der Waals surface area contributed by atoms with E-state index in [9.17, 15) is 4.79 Å². The van der Waals surface area contributed by atoms with Crippen LogP contribution in [0.1, 0.15) is 35.8 Å². The summed E-state index contributed by atoms with van der Waals surface area (Å²) in [5, 5.41) is 1.14. The van der Waals surface area contributed by atoms with Crippen LogP contribution in [0.5, 0.6) is 11.5 Å². The minimum absolute atomic E-state index is 0.0490. The maximum Gasteiger partial charge on any atom is 0.246 e. The molecule has 2 aliphatic heterocycles. The van der Waals surface area contributed by atoms with Gasteiger partial charge in [0.1, 0.15) is 0 Å². The first kappa shape index (κ1) is 19.1. The zero-order valence-electron chi connectivity index (χ0n) is 16.8. The van der Waals surface area contributed by atoms with Crippen molar-refractivity contribution >= 4 is 33.5 Å². The fourth-order valence-corrected chi connectivity index (χ4v) is 5.09. The van der Waals surface area contributed by atoms with Crippen molar-refractivity contribution in [3.05, 3.63) is 59.1 Å². The van der Waals surface area contributed by atoms with Gasteiger partial charge in [0.05, 0.1) is 28.4 Å². The Morgan fingerprint density at radius 2 is 1.97 bits per heavy atom. The van der Waals surface area contributed by atoms with Crippen LogP contribution in [0.15, 0.2) is 48.5 Å². The Hall–Kier alpha value is -2.86. The third-order valence-corrected chi connectivity index (χ3v) is 6.78. The van der Waals surface area contributed by atoms with Crippen molar-refractivity contribution in [1.29, 1.82) is 0 Å². The standard InChI is InChI=1S/C24H24N2O3S/c27-23(11-9-17-8-10-20-21(15-17)29-14-4-13-28-20)26-12-3-5-18(16-26)24-25-19-6-1-2-7-22(19)30-24/h1-2,6-11,15,18H,3-5,12-14,16H2/b11-9+. The SMILES string of the molecule is O=C(/C=C/c1ccc2c(c1)OCCCO2)N1CCCC(c2nc3ccccc3s2)C1. The average Bonchev–Trinajstić information content (AvgIpc) is 3.09. The second-order valence-electron chi connectivity index (χ2n) is 7.73. The molecule has 0 bridgehead atoms. The molecule has 2 aromatic carbocycles. The largest absolute Gasteiger partial charge is 0.490 e. The molecule has 1 saturated heterocycles. The van der Waals surface area contributed by atoms with Gasteiger partial charge in [0, 0.05) is 31.5 Å². The van der Waals surface area contributed by atoms with E-state index in [1.54, 1.807) is 17.4 Å². The van der Waals surface area contributed by atoms with E-state index in [2.05, 4.69) is 12.1 Å². The normalized spacial score (nSPS) is 19.2. The molecule has 1 atom stereocenters. The van der Waals surface area contributed by atoms with Crippen LogP contribution in [0.4, 0.5) is 0 Å². The van der Waals surface area contributed by atoms with E-state index < -0.39 is 0 Å². The molecule has 0 N–H and O–H groups in total. The average molecular weight is 421 g/mol. The van der Waals surface area contributed by atoms with Crippen LogP contribution in [0.2, 0.25) is 0 Å². The number of aromatic nitrogens is 1. The van der Waals surface area contributed by atoms with Crippen LogP contribution in [0, 0.1) is 0 Å². The third-order valence-electron chi connectivity index (χ3n) is 5.58. The Balaban J connectivity index is 1.27. The molecule has 3 heterocycles. The number of hydrogen-bond acceptors (Lipinski definition) is 5. The number of ether oxygens (including phenoxy) is 2. The second-order valence-corrected chi connectivity index (χ2v) is 8.80. The fourth-order valence-electron chi connectivity index (χ4n) is 4.00. The molecule has 6 heteroatoms. The molecule has 1 aromatic heterocycles. The molecule has 30 heavy (non-hydrogen) atoms. The zero-order chi connectivity index (χ0) is 20.3. The first-order valence-electron chi connectivity index (χ1n) is 10.5. The predicted octanol–water partition coefficient (Wildman–Crippen LogP) is 4.88. The second kappa shape index (κ2) is 8.48. The number of amides is 1. The third kappa shape index (κ3) is 4.05. The molecule has 5 rings (SSSR count). The maximum absolute atomic E-state index is 12.8. The molecule has 2 aliphatic rings. The highest BCUT2D eigenvalue weighted by atomic mass is 32.1. The number of carbonyl (C=O) groups excluding carboxylic acids is 1. The molecule has 0 aliphatic carbocycles. The molecule has 5 nitrogen and oxygen atoms in total. The van der Waals surface area contributed by atoms with Crippen molar-refractivity contribution in [3.8, 4) is 11.5 Å². The van der Waals surface area contributed by atoms with Crippen molar-refractivity contribution in [2.24, 2.45) is 0 Å². The molecule has 1 fully saturated rings. The minimum Gasteiger partial charge on any atom is -0.490 e. The van der Waals surface area contributed by atoms with Crippen molar-refractivity contribution in [2.45, 2.75) is 25.2 Å². The molecule has 0 radical (unpaired) electrons. The Morgan fingerprint density at radius 3 is 2.87 bits per heavy atom. The van der Waals surface area contributed by atoms with Crippen LogP contribution in [-0.2, 0) is 4.79 Å². The Labute approximate surface area is 179 Å². The summed E-state index contributed by atoms with van der Waals surface area (Å²) in [4.78, 5) is 19.6.